The van der Waals surface area contributed by atoms with E-state index in [0.29, 0.717) is 12.1 Å². The van der Waals surface area contributed by atoms with Crippen LogP contribution in [0, 0.1) is 0 Å². The number of thioether (sulfide) groups is 1. The molecule has 0 bridgehead atoms. The summed E-state index contributed by atoms with van der Waals surface area (Å²) in [6.45, 7) is 2.71. The van der Waals surface area contributed by atoms with Gasteiger partial charge in [0.2, 0.25) is 0 Å². The first-order chi connectivity index (χ1) is 12.7. The van der Waals surface area contributed by atoms with Crippen LogP contribution in [0.2, 0.25) is 0 Å². The summed E-state index contributed by atoms with van der Waals surface area (Å²) < 4.78 is 4.85. The Morgan fingerprint density at radius 3 is 2.58 bits per heavy atom. The fourth-order valence-corrected chi connectivity index (χ4v) is 4.33. The summed E-state index contributed by atoms with van der Waals surface area (Å²) in [6.07, 6.45) is 2.16. The van der Waals surface area contributed by atoms with Crippen molar-refractivity contribution in [2.75, 3.05) is 19.4 Å². The zero-order valence-corrected chi connectivity index (χ0v) is 15.9. The zero-order chi connectivity index (χ0) is 18.5. The molecule has 0 N–H and O–H groups in total. The third kappa shape index (κ3) is 3.78. The van der Waals surface area contributed by atoms with Gasteiger partial charge in [-0.3, -0.25) is 4.79 Å². The second-order valence-electron chi connectivity index (χ2n) is 6.24. The summed E-state index contributed by atoms with van der Waals surface area (Å²) in [5, 5.41) is -0.563. The van der Waals surface area contributed by atoms with E-state index >= 15 is 0 Å². The van der Waals surface area contributed by atoms with Gasteiger partial charge in [-0.05, 0) is 29.2 Å². The summed E-state index contributed by atoms with van der Waals surface area (Å²) in [5.74, 6) is 0.236. The smallest absolute Gasteiger partial charge is 0.339 e. The van der Waals surface area contributed by atoms with Crippen LogP contribution in [0.3, 0.4) is 0 Å². The Balaban J connectivity index is 1.91. The molecule has 2 aromatic rings. The molecule has 2 aromatic carbocycles. The lowest BCUT2D eigenvalue weighted by atomic mass is 9.97. The number of carbonyl (C=O) groups is 2. The average Bonchev–Trinajstić information content (AvgIpc) is 3.17. The number of esters is 1. The molecule has 1 aliphatic rings. The largest absolute Gasteiger partial charge is 0.467 e. The van der Waals surface area contributed by atoms with Gasteiger partial charge in [0.15, 0.2) is 5.37 Å². The van der Waals surface area contributed by atoms with Gasteiger partial charge in [-0.25, -0.2) is 4.79 Å². The van der Waals surface area contributed by atoms with Gasteiger partial charge in [-0.1, -0.05) is 55.8 Å². The van der Waals surface area contributed by atoms with Crippen molar-refractivity contribution in [3.05, 3.63) is 59.7 Å². The highest BCUT2D eigenvalue weighted by molar-refractivity contribution is 8.00. The second kappa shape index (κ2) is 8.41. The minimum Gasteiger partial charge on any atom is -0.467 e. The number of amides is 1. The molecule has 136 valence electrons. The predicted molar refractivity (Wildman–Crippen MR) is 105 cm³/mol. The lowest BCUT2D eigenvalue weighted by Crippen LogP contribution is -2.40. The Labute approximate surface area is 158 Å². The van der Waals surface area contributed by atoms with Crippen LogP contribution in [-0.2, 0) is 16.0 Å². The molecular weight excluding hydrogens is 346 g/mol. The van der Waals surface area contributed by atoms with Crippen LogP contribution in [0.5, 0.6) is 0 Å². The SMILES string of the molecule is CCCc1ccc(-c2ccccc2C(=O)N2CCSC2C(=O)OC)cc1. The average molecular weight is 369 g/mol. The number of rotatable bonds is 5. The molecule has 1 unspecified atom stereocenters. The normalized spacial score (nSPS) is 16.5. The van der Waals surface area contributed by atoms with Gasteiger partial charge in [0.25, 0.3) is 5.91 Å². The van der Waals surface area contributed by atoms with Crippen molar-refractivity contribution < 1.29 is 14.3 Å². The number of ether oxygens (including phenoxy) is 1. The third-order valence-electron chi connectivity index (χ3n) is 4.52. The maximum absolute atomic E-state index is 13.1. The number of aryl methyl sites for hydroxylation is 1. The van der Waals surface area contributed by atoms with Crippen molar-refractivity contribution in [1.29, 1.82) is 0 Å². The lowest BCUT2D eigenvalue weighted by Gasteiger charge is -2.23. The summed E-state index contributed by atoms with van der Waals surface area (Å²) in [5.41, 5.74) is 3.81. The third-order valence-corrected chi connectivity index (χ3v) is 5.70. The maximum atomic E-state index is 13.1. The molecule has 1 fully saturated rings. The van der Waals surface area contributed by atoms with Gasteiger partial charge < -0.3 is 9.64 Å². The summed E-state index contributed by atoms with van der Waals surface area (Å²) in [6, 6.07) is 15.9. The van der Waals surface area contributed by atoms with Gasteiger partial charge in [-0.2, -0.15) is 0 Å². The Morgan fingerprint density at radius 2 is 1.88 bits per heavy atom. The van der Waals surface area contributed by atoms with Crippen LogP contribution in [-0.4, -0.2) is 41.6 Å². The Morgan fingerprint density at radius 1 is 1.15 bits per heavy atom. The van der Waals surface area contributed by atoms with E-state index in [1.807, 2.05) is 24.3 Å². The van der Waals surface area contributed by atoms with E-state index in [1.54, 1.807) is 4.90 Å². The first kappa shape index (κ1) is 18.5. The topological polar surface area (TPSA) is 46.6 Å². The molecule has 0 aliphatic carbocycles. The molecule has 1 heterocycles. The van der Waals surface area contributed by atoms with Crippen LogP contribution < -0.4 is 0 Å². The zero-order valence-electron chi connectivity index (χ0n) is 15.1. The quantitative estimate of drug-likeness (QED) is 0.748. The first-order valence-electron chi connectivity index (χ1n) is 8.84. The molecule has 0 saturated carbocycles. The summed E-state index contributed by atoms with van der Waals surface area (Å²) in [4.78, 5) is 26.7. The highest BCUT2D eigenvalue weighted by Crippen LogP contribution is 2.30. The van der Waals surface area contributed by atoms with E-state index in [4.69, 9.17) is 4.74 Å². The van der Waals surface area contributed by atoms with Crippen LogP contribution in [0.4, 0.5) is 0 Å². The highest BCUT2D eigenvalue weighted by atomic mass is 32.2. The van der Waals surface area contributed by atoms with Crippen LogP contribution >= 0.6 is 11.8 Å². The molecule has 1 atom stereocenters. The molecule has 0 aromatic heterocycles. The van der Waals surface area contributed by atoms with E-state index in [9.17, 15) is 9.59 Å². The standard InChI is InChI=1S/C21H23NO3S/c1-3-6-15-9-11-16(12-10-15)17-7-4-5-8-18(17)19(23)22-13-14-26-20(22)21(24)25-2/h4-5,7-12,20H,3,6,13-14H2,1-2H3. The van der Waals surface area contributed by atoms with Gasteiger partial charge in [-0.15, -0.1) is 11.8 Å². The van der Waals surface area contributed by atoms with Gasteiger partial charge in [0.1, 0.15) is 0 Å². The van der Waals surface area contributed by atoms with E-state index in [-0.39, 0.29) is 11.9 Å². The fraction of sp³-hybridized carbons (Fsp3) is 0.333. The van der Waals surface area contributed by atoms with Gasteiger partial charge >= 0.3 is 5.97 Å². The molecule has 26 heavy (non-hydrogen) atoms. The molecule has 0 spiro atoms. The van der Waals surface area contributed by atoms with Crippen molar-refractivity contribution >= 4 is 23.6 Å². The van der Waals surface area contributed by atoms with Crippen LogP contribution in [0.15, 0.2) is 48.5 Å². The van der Waals surface area contributed by atoms with Crippen molar-refractivity contribution in [2.24, 2.45) is 0 Å². The molecule has 4 nitrogen and oxygen atoms in total. The first-order valence-corrected chi connectivity index (χ1v) is 9.89. The Kier molecular flexibility index (Phi) is 5.99. The highest BCUT2D eigenvalue weighted by Gasteiger charge is 2.36. The molecule has 3 rings (SSSR count). The number of nitrogens with zero attached hydrogens (tertiary/aromatic N) is 1. The number of benzene rings is 2. The van der Waals surface area contributed by atoms with Crippen molar-refractivity contribution in [1.82, 2.24) is 4.90 Å². The molecule has 0 radical (unpaired) electrons. The van der Waals surface area contributed by atoms with E-state index in [1.165, 1.54) is 24.4 Å². The van der Waals surface area contributed by atoms with Gasteiger partial charge in [0.05, 0.1) is 7.11 Å². The fourth-order valence-electron chi connectivity index (χ4n) is 3.19. The monoisotopic (exact) mass is 369 g/mol. The van der Waals surface area contributed by atoms with E-state index in [0.717, 1.165) is 29.7 Å². The molecule has 5 heteroatoms. The lowest BCUT2D eigenvalue weighted by molar-refractivity contribution is -0.142. The summed E-state index contributed by atoms with van der Waals surface area (Å²) >= 11 is 1.45. The van der Waals surface area contributed by atoms with Crippen molar-refractivity contribution in [3.63, 3.8) is 0 Å². The van der Waals surface area contributed by atoms with Crippen molar-refractivity contribution in [3.8, 4) is 11.1 Å². The molecule has 1 saturated heterocycles. The second-order valence-corrected chi connectivity index (χ2v) is 7.43. The van der Waals surface area contributed by atoms with Gasteiger partial charge in [0, 0.05) is 17.9 Å². The number of methoxy groups -OCH3 is 1. The Hall–Kier alpha value is -2.27. The number of hydrogen-bond donors (Lipinski definition) is 0. The van der Waals surface area contributed by atoms with Crippen LogP contribution in [0.25, 0.3) is 11.1 Å². The predicted octanol–water partition coefficient (Wildman–Crippen LogP) is 3.99. The molecular formula is C21H23NO3S. The number of carbonyl (C=O) groups excluding carboxylic acids is 2. The summed E-state index contributed by atoms with van der Waals surface area (Å²) in [7, 11) is 1.36. The van der Waals surface area contributed by atoms with E-state index < -0.39 is 5.37 Å². The minimum absolute atomic E-state index is 0.126. The molecule has 1 amide bonds. The number of hydrogen-bond acceptors (Lipinski definition) is 4. The minimum atomic E-state index is -0.563. The Bertz CT molecular complexity index is 788. The molecule has 1 aliphatic heterocycles. The van der Waals surface area contributed by atoms with E-state index in [2.05, 4.69) is 31.2 Å². The maximum Gasteiger partial charge on any atom is 0.339 e. The van der Waals surface area contributed by atoms with Crippen molar-refractivity contribution in [2.45, 2.75) is 25.1 Å². The van der Waals surface area contributed by atoms with Crippen LogP contribution in [0.1, 0.15) is 29.3 Å².